The average molecular weight is 495 g/mol. The number of halogens is 3. The number of ether oxygens (including phenoxy) is 1. The minimum Gasteiger partial charge on any atom is -0.481 e. The van der Waals surface area contributed by atoms with Crippen molar-refractivity contribution >= 4 is 35.0 Å². The molecule has 0 spiro atoms. The maximum absolute atomic E-state index is 14.0. The van der Waals surface area contributed by atoms with Crippen LogP contribution in [0, 0.1) is 5.82 Å². The molecule has 1 atom stereocenters. The van der Waals surface area contributed by atoms with E-state index in [1.54, 1.807) is 30.3 Å². The molecule has 1 aliphatic rings. The van der Waals surface area contributed by atoms with E-state index >= 15 is 0 Å². The Morgan fingerprint density at radius 3 is 2.39 bits per heavy atom. The van der Waals surface area contributed by atoms with Crippen LogP contribution < -0.4 is 10.1 Å². The summed E-state index contributed by atoms with van der Waals surface area (Å²) in [6, 6.07) is 10.3. The van der Waals surface area contributed by atoms with Gasteiger partial charge in [-0.2, -0.15) is 0 Å². The number of nitrogens with one attached hydrogen (secondary N) is 1. The quantitative estimate of drug-likeness (QED) is 0.481. The van der Waals surface area contributed by atoms with Gasteiger partial charge in [-0.25, -0.2) is 4.39 Å². The Morgan fingerprint density at radius 2 is 1.76 bits per heavy atom. The summed E-state index contributed by atoms with van der Waals surface area (Å²) >= 11 is 12.7. The number of carbonyl (C=O) groups is 2. The molecule has 0 aliphatic heterocycles. The fourth-order valence-electron chi connectivity index (χ4n) is 4.10. The molecule has 1 unspecified atom stereocenters. The van der Waals surface area contributed by atoms with Gasteiger partial charge in [0.05, 0.1) is 0 Å². The SMILES string of the molecule is CCC(C(=O)NC1CCCCC1)N(Cc1c(Cl)cccc1Cl)C(=O)COc1ccccc1F. The van der Waals surface area contributed by atoms with Crippen LogP contribution in [-0.4, -0.2) is 35.4 Å². The molecule has 0 saturated heterocycles. The number of nitrogens with zero attached hydrogens (tertiary/aromatic N) is 1. The fourth-order valence-corrected chi connectivity index (χ4v) is 4.62. The van der Waals surface area contributed by atoms with E-state index in [1.165, 1.54) is 23.5 Å². The lowest BCUT2D eigenvalue weighted by Crippen LogP contribution is -2.52. The summed E-state index contributed by atoms with van der Waals surface area (Å²) in [6.45, 7) is 1.46. The van der Waals surface area contributed by atoms with E-state index in [1.807, 2.05) is 6.92 Å². The first-order valence-electron chi connectivity index (χ1n) is 11.3. The van der Waals surface area contributed by atoms with E-state index in [-0.39, 0.29) is 24.2 Å². The number of benzene rings is 2. The Balaban J connectivity index is 1.81. The van der Waals surface area contributed by atoms with E-state index < -0.39 is 24.4 Å². The third-order valence-corrected chi connectivity index (χ3v) is 6.62. The second kappa shape index (κ2) is 12.2. The number of para-hydroxylation sites is 1. The number of rotatable bonds is 9. The summed E-state index contributed by atoms with van der Waals surface area (Å²) < 4.78 is 19.4. The summed E-state index contributed by atoms with van der Waals surface area (Å²) in [6.07, 6.45) is 5.59. The normalized spacial score (nSPS) is 15.0. The minimum absolute atomic E-state index is 0.0266. The summed E-state index contributed by atoms with van der Waals surface area (Å²) in [7, 11) is 0. The molecular formula is C25H29Cl2FN2O3. The first-order chi connectivity index (χ1) is 15.9. The van der Waals surface area contributed by atoms with Gasteiger partial charge in [-0.05, 0) is 43.5 Å². The van der Waals surface area contributed by atoms with Crippen LogP contribution in [0.1, 0.15) is 51.0 Å². The zero-order chi connectivity index (χ0) is 23.8. The van der Waals surface area contributed by atoms with Crippen LogP contribution in [-0.2, 0) is 16.1 Å². The molecule has 0 heterocycles. The molecule has 3 rings (SSSR count). The van der Waals surface area contributed by atoms with Crippen LogP contribution in [0.3, 0.4) is 0 Å². The third kappa shape index (κ3) is 6.84. The number of carbonyl (C=O) groups excluding carboxylic acids is 2. The summed E-state index contributed by atoms with van der Waals surface area (Å²) in [5.74, 6) is -1.26. The van der Waals surface area contributed by atoms with Crippen LogP contribution in [0.5, 0.6) is 5.75 Å². The van der Waals surface area contributed by atoms with Gasteiger partial charge in [0.1, 0.15) is 6.04 Å². The lowest BCUT2D eigenvalue weighted by atomic mass is 9.95. The smallest absolute Gasteiger partial charge is 0.261 e. The van der Waals surface area contributed by atoms with Crippen LogP contribution in [0.4, 0.5) is 4.39 Å². The van der Waals surface area contributed by atoms with Gasteiger partial charge >= 0.3 is 0 Å². The molecule has 1 saturated carbocycles. The van der Waals surface area contributed by atoms with Gasteiger partial charge in [-0.3, -0.25) is 9.59 Å². The molecule has 1 fully saturated rings. The largest absolute Gasteiger partial charge is 0.481 e. The molecule has 0 aromatic heterocycles. The van der Waals surface area contributed by atoms with E-state index in [2.05, 4.69) is 5.32 Å². The minimum atomic E-state index is -0.740. The van der Waals surface area contributed by atoms with Crippen molar-refractivity contribution in [3.63, 3.8) is 0 Å². The molecule has 1 N–H and O–H groups in total. The Hall–Kier alpha value is -2.31. The van der Waals surface area contributed by atoms with Crippen LogP contribution in [0.25, 0.3) is 0 Å². The Kier molecular flexibility index (Phi) is 9.39. The van der Waals surface area contributed by atoms with Crippen molar-refractivity contribution in [2.75, 3.05) is 6.61 Å². The summed E-state index contributed by atoms with van der Waals surface area (Å²) in [4.78, 5) is 27.9. The lowest BCUT2D eigenvalue weighted by Gasteiger charge is -2.33. The third-order valence-electron chi connectivity index (χ3n) is 5.92. The summed E-state index contributed by atoms with van der Waals surface area (Å²) in [5.41, 5.74) is 0.545. The highest BCUT2D eigenvalue weighted by atomic mass is 35.5. The van der Waals surface area contributed by atoms with Crippen LogP contribution in [0.15, 0.2) is 42.5 Å². The zero-order valence-corrected chi connectivity index (χ0v) is 20.2. The van der Waals surface area contributed by atoms with Gasteiger partial charge in [0.15, 0.2) is 18.2 Å². The maximum Gasteiger partial charge on any atom is 0.261 e. The van der Waals surface area contributed by atoms with Crippen molar-refractivity contribution in [3.05, 3.63) is 63.9 Å². The summed E-state index contributed by atoms with van der Waals surface area (Å²) in [5, 5.41) is 3.91. The van der Waals surface area contributed by atoms with Crippen molar-refractivity contribution in [1.29, 1.82) is 0 Å². The number of hydrogen-bond donors (Lipinski definition) is 1. The highest BCUT2D eigenvalue weighted by Crippen LogP contribution is 2.27. The first kappa shape index (κ1) is 25.3. The average Bonchev–Trinajstić information content (AvgIpc) is 2.80. The second-order valence-electron chi connectivity index (χ2n) is 8.21. The topological polar surface area (TPSA) is 58.6 Å². The Labute approximate surface area is 204 Å². The monoisotopic (exact) mass is 494 g/mol. The Morgan fingerprint density at radius 1 is 1.09 bits per heavy atom. The van der Waals surface area contributed by atoms with Gasteiger partial charge in [0, 0.05) is 28.2 Å². The fraction of sp³-hybridized carbons (Fsp3) is 0.440. The molecule has 2 aromatic carbocycles. The highest BCUT2D eigenvalue weighted by molar-refractivity contribution is 6.36. The van der Waals surface area contributed by atoms with Crippen molar-refractivity contribution in [3.8, 4) is 5.75 Å². The highest BCUT2D eigenvalue weighted by Gasteiger charge is 2.31. The second-order valence-corrected chi connectivity index (χ2v) is 9.02. The molecule has 33 heavy (non-hydrogen) atoms. The van der Waals surface area contributed by atoms with Gasteiger partial charge in [-0.15, -0.1) is 0 Å². The standard InChI is InChI=1S/C25H29Cl2FN2O3/c1-2-22(25(32)29-17-9-4-3-5-10-17)30(15-18-19(26)11-8-12-20(18)27)24(31)16-33-23-14-7-6-13-21(23)28/h6-8,11-14,17,22H,2-5,9-10,15-16H2,1H3,(H,29,32). The van der Waals surface area contributed by atoms with Crippen molar-refractivity contribution in [2.45, 2.75) is 64.1 Å². The Bertz CT molecular complexity index is 946. The molecule has 0 radical (unpaired) electrons. The van der Waals surface area contributed by atoms with Crippen LogP contribution >= 0.6 is 23.2 Å². The van der Waals surface area contributed by atoms with Crippen molar-refractivity contribution in [2.24, 2.45) is 0 Å². The molecule has 5 nitrogen and oxygen atoms in total. The number of amides is 2. The predicted octanol–water partition coefficient (Wildman–Crippen LogP) is 5.77. The van der Waals surface area contributed by atoms with Gasteiger partial charge in [0.25, 0.3) is 5.91 Å². The van der Waals surface area contributed by atoms with Crippen molar-refractivity contribution < 1.29 is 18.7 Å². The van der Waals surface area contributed by atoms with Crippen molar-refractivity contribution in [1.82, 2.24) is 10.2 Å². The maximum atomic E-state index is 14.0. The molecule has 2 aromatic rings. The predicted molar refractivity (Wildman–Crippen MR) is 128 cm³/mol. The first-order valence-corrected chi connectivity index (χ1v) is 12.1. The van der Waals surface area contributed by atoms with Crippen LogP contribution in [0.2, 0.25) is 10.0 Å². The molecule has 1 aliphatic carbocycles. The van der Waals surface area contributed by atoms with Gasteiger partial charge in [0.2, 0.25) is 5.91 Å². The molecule has 8 heteroatoms. The molecule has 178 valence electrons. The molecular weight excluding hydrogens is 466 g/mol. The van der Waals surface area contributed by atoms with E-state index in [9.17, 15) is 14.0 Å². The van der Waals surface area contributed by atoms with E-state index in [4.69, 9.17) is 27.9 Å². The van der Waals surface area contributed by atoms with E-state index in [0.717, 1.165) is 25.7 Å². The molecule has 0 bridgehead atoms. The zero-order valence-electron chi connectivity index (χ0n) is 18.7. The van der Waals surface area contributed by atoms with E-state index in [0.29, 0.717) is 22.0 Å². The van der Waals surface area contributed by atoms with Gasteiger partial charge < -0.3 is 15.0 Å². The lowest BCUT2D eigenvalue weighted by molar-refractivity contribution is -0.143. The van der Waals surface area contributed by atoms with Gasteiger partial charge in [-0.1, -0.05) is 67.6 Å². The molecule has 2 amide bonds. The number of hydrogen-bond acceptors (Lipinski definition) is 3.